The number of thiophene rings is 1. The maximum Gasteiger partial charge on any atom is 0.235 e. The van der Waals surface area contributed by atoms with E-state index in [-0.39, 0.29) is 11.7 Å². The van der Waals surface area contributed by atoms with Crippen LogP contribution in [0.3, 0.4) is 0 Å². The van der Waals surface area contributed by atoms with Crippen LogP contribution >= 0.6 is 23.1 Å². The van der Waals surface area contributed by atoms with Gasteiger partial charge in [0.2, 0.25) is 5.91 Å². The summed E-state index contributed by atoms with van der Waals surface area (Å²) in [6.07, 6.45) is 3.34. The second-order valence-corrected chi connectivity index (χ2v) is 7.02. The van der Waals surface area contributed by atoms with Crippen LogP contribution in [-0.2, 0) is 11.8 Å². The zero-order chi connectivity index (χ0) is 15.7. The molecule has 1 amide bonds. The number of aryl methyl sites for hydroxylation is 3. The molecule has 3 aromatic heterocycles. The fraction of sp³-hybridized carbons (Fsp3) is 0.286. The van der Waals surface area contributed by atoms with Gasteiger partial charge in [0, 0.05) is 29.6 Å². The lowest BCUT2D eigenvalue weighted by Crippen LogP contribution is -2.14. The fourth-order valence-electron chi connectivity index (χ4n) is 2.05. The van der Waals surface area contributed by atoms with Gasteiger partial charge in [-0.05, 0) is 19.4 Å². The maximum absolute atomic E-state index is 12.0. The highest BCUT2D eigenvalue weighted by Gasteiger charge is 2.14. The van der Waals surface area contributed by atoms with Crippen LogP contribution in [-0.4, -0.2) is 31.4 Å². The first-order valence-electron chi connectivity index (χ1n) is 6.67. The smallest absolute Gasteiger partial charge is 0.235 e. The molecule has 3 aromatic rings. The monoisotopic (exact) mass is 333 g/mol. The Morgan fingerprint density at radius 3 is 2.95 bits per heavy atom. The van der Waals surface area contributed by atoms with Crippen molar-refractivity contribution in [1.29, 1.82) is 0 Å². The zero-order valence-electron chi connectivity index (χ0n) is 12.5. The third-order valence-electron chi connectivity index (χ3n) is 3.25. The van der Waals surface area contributed by atoms with Crippen LogP contribution in [0.5, 0.6) is 0 Å². The number of thioether (sulfide) groups is 1. The van der Waals surface area contributed by atoms with Crippen molar-refractivity contribution >= 4 is 45.0 Å². The summed E-state index contributed by atoms with van der Waals surface area (Å²) < 4.78 is 1.65. The van der Waals surface area contributed by atoms with Gasteiger partial charge in [0.1, 0.15) is 16.2 Å². The lowest BCUT2D eigenvalue weighted by atomic mass is 10.2. The molecular formula is C14H15N5OS2. The summed E-state index contributed by atoms with van der Waals surface area (Å²) in [4.78, 5) is 22.8. The predicted molar refractivity (Wildman–Crippen MR) is 89.5 cm³/mol. The number of hydrogen-bond acceptors (Lipinski definition) is 6. The number of nitrogens with one attached hydrogen (secondary N) is 1. The van der Waals surface area contributed by atoms with Crippen molar-refractivity contribution in [1.82, 2.24) is 19.7 Å². The summed E-state index contributed by atoms with van der Waals surface area (Å²) in [5.41, 5.74) is 1.19. The van der Waals surface area contributed by atoms with Crippen molar-refractivity contribution in [3.8, 4) is 0 Å². The summed E-state index contributed by atoms with van der Waals surface area (Å²) in [6.45, 7) is 4.14. The van der Waals surface area contributed by atoms with E-state index in [1.807, 2.05) is 7.05 Å². The standard InChI is InChI=1S/C14H15N5OS2/c1-8-9(2)22-14-12(8)13(15-7-16-14)21-6-11(20)17-10-4-5-19(3)18-10/h4-5,7H,6H2,1-3H3,(H,17,18,20). The molecule has 0 saturated carbocycles. The van der Waals surface area contributed by atoms with Crippen LogP contribution in [0.4, 0.5) is 5.82 Å². The normalized spacial score (nSPS) is 11.0. The molecule has 3 rings (SSSR count). The minimum Gasteiger partial charge on any atom is -0.308 e. The quantitative estimate of drug-likeness (QED) is 0.587. The molecule has 8 heteroatoms. The molecule has 0 unspecified atom stereocenters. The highest BCUT2D eigenvalue weighted by Crippen LogP contribution is 2.34. The van der Waals surface area contributed by atoms with Gasteiger partial charge in [-0.2, -0.15) is 5.10 Å². The van der Waals surface area contributed by atoms with E-state index in [0.29, 0.717) is 5.82 Å². The molecule has 114 valence electrons. The van der Waals surface area contributed by atoms with E-state index in [2.05, 4.69) is 34.2 Å². The third-order valence-corrected chi connectivity index (χ3v) is 5.36. The molecule has 0 aliphatic rings. The van der Waals surface area contributed by atoms with Gasteiger partial charge in [-0.3, -0.25) is 9.48 Å². The molecule has 6 nitrogen and oxygen atoms in total. The van der Waals surface area contributed by atoms with Crippen molar-refractivity contribution in [2.24, 2.45) is 7.05 Å². The van der Waals surface area contributed by atoms with E-state index in [4.69, 9.17) is 0 Å². The van der Waals surface area contributed by atoms with E-state index in [9.17, 15) is 4.79 Å². The minimum absolute atomic E-state index is 0.0972. The molecule has 0 aliphatic carbocycles. The third kappa shape index (κ3) is 2.97. The van der Waals surface area contributed by atoms with Crippen LogP contribution in [0.15, 0.2) is 23.6 Å². The van der Waals surface area contributed by atoms with Gasteiger partial charge in [0.25, 0.3) is 0 Å². The summed E-state index contributed by atoms with van der Waals surface area (Å²) in [7, 11) is 1.81. The topological polar surface area (TPSA) is 72.7 Å². The van der Waals surface area contributed by atoms with Crippen LogP contribution in [0.25, 0.3) is 10.2 Å². The summed E-state index contributed by atoms with van der Waals surface area (Å²) >= 11 is 3.08. The van der Waals surface area contributed by atoms with Crippen molar-refractivity contribution < 1.29 is 4.79 Å². The Bertz CT molecular complexity index is 839. The van der Waals surface area contributed by atoms with Crippen LogP contribution in [0.1, 0.15) is 10.4 Å². The molecule has 0 fully saturated rings. The van der Waals surface area contributed by atoms with E-state index < -0.39 is 0 Å². The maximum atomic E-state index is 12.0. The molecule has 0 atom stereocenters. The molecule has 0 aliphatic heterocycles. The number of anilines is 1. The van der Waals surface area contributed by atoms with Gasteiger partial charge in [-0.15, -0.1) is 11.3 Å². The fourth-order valence-corrected chi connectivity index (χ4v) is 3.97. The van der Waals surface area contributed by atoms with Gasteiger partial charge in [0.05, 0.1) is 5.75 Å². The number of fused-ring (bicyclic) bond motifs is 1. The molecular weight excluding hydrogens is 318 g/mol. The number of nitrogens with zero attached hydrogens (tertiary/aromatic N) is 4. The average Bonchev–Trinajstić information content (AvgIpc) is 3.01. The van der Waals surface area contributed by atoms with Crippen LogP contribution < -0.4 is 5.32 Å². The van der Waals surface area contributed by atoms with Crippen LogP contribution in [0.2, 0.25) is 0 Å². The molecule has 0 bridgehead atoms. The van der Waals surface area contributed by atoms with E-state index in [1.54, 1.807) is 34.6 Å². The minimum atomic E-state index is -0.0972. The SMILES string of the molecule is Cc1sc2ncnc(SCC(=O)Nc3ccn(C)n3)c2c1C. The first kappa shape index (κ1) is 15.0. The lowest BCUT2D eigenvalue weighted by molar-refractivity contribution is -0.113. The van der Waals surface area contributed by atoms with Crippen molar-refractivity contribution in [2.75, 3.05) is 11.1 Å². The molecule has 22 heavy (non-hydrogen) atoms. The number of carbonyl (C=O) groups excluding carboxylic acids is 1. The first-order chi connectivity index (χ1) is 10.5. The van der Waals surface area contributed by atoms with Gasteiger partial charge in [0.15, 0.2) is 5.82 Å². The summed E-state index contributed by atoms with van der Waals surface area (Å²) in [6, 6.07) is 1.76. The van der Waals surface area contributed by atoms with Gasteiger partial charge in [-0.1, -0.05) is 11.8 Å². The predicted octanol–water partition coefficient (Wildman–Crippen LogP) is 2.77. The number of hydrogen-bond donors (Lipinski definition) is 1. The number of aromatic nitrogens is 4. The van der Waals surface area contributed by atoms with Gasteiger partial charge >= 0.3 is 0 Å². The molecule has 0 spiro atoms. The molecule has 0 saturated heterocycles. The van der Waals surface area contributed by atoms with Gasteiger partial charge < -0.3 is 5.32 Å². The van der Waals surface area contributed by atoms with Crippen molar-refractivity contribution in [3.05, 3.63) is 29.0 Å². The second-order valence-electron chi connectivity index (χ2n) is 4.85. The Hall–Kier alpha value is -1.93. The zero-order valence-corrected chi connectivity index (χ0v) is 14.1. The average molecular weight is 333 g/mol. The molecule has 0 aromatic carbocycles. The Labute approximate surface area is 136 Å². The Balaban J connectivity index is 1.72. The lowest BCUT2D eigenvalue weighted by Gasteiger charge is -2.03. The highest BCUT2D eigenvalue weighted by molar-refractivity contribution is 8.00. The van der Waals surface area contributed by atoms with E-state index in [0.717, 1.165) is 15.2 Å². The van der Waals surface area contributed by atoms with E-state index in [1.165, 1.54) is 22.2 Å². The van der Waals surface area contributed by atoms with Gasteiger partial charge in [-0.25, -0.2) is 9.97 Å². The van der Waals surface area contributed by atoms with E-state index >= 15 is 0 Å². The van der Waals surface area contributed by atoms with Crippen molar-refractivity contribution in [3.63, 3.8) is 0 Å². The summed E-state index contributed by atoms with van der Waals surface area (Å²) in [5.74, 6) is 0.750. The second kappa shape index (κ2) is 6.05. The number of amides is 1. The molecule has 3 heterocycles. The Morgan fingerprint density at radius 1 is 1.41 bits per heavy atom. The summed E-state index contributed by atoms with van der Waals surface area (Å²) in [5, 5.41) is 8.80. The Kier molecular flexibility index (Phi) is 4.12. The molecule has 1 N–H and O–H groups in total. The van der Waals surface area contributed by atoms with Crippen LogP contribution in [0, 0.1) is 13.8 Å². The number of carbonyl (C=O) groups is 1. The largest absolute Gasteiger partial charge is 0.308 e. The number of rotatable bonds is 4. The Morgan fingerprint density at radius 2 is 2.23 bits per heavy atom. The molecule has 0 radical (unpaired) electrons. The highest BCUT2D eigenvalue weighted by atomic mass is 32.2. The van der Waals surface area contributed by atoms with Crippen molar-refractivity contribution in [2.45, 2.75) is 18.9 Å². The first-order valence-corrected chi connectivity index (χ1v) is 8.48.